The largest absolute Gasteiger partial charge is 0.431 e. The molecule has 0 atom stereocenters. The van der Waals surface area contributed by atoms with E-state index < -0.39 is 5.82 Å². The van der Waals surface area contributed by atoms with E-state index in [1.807, 2.05) is 18.2 Å². The van der Waals surface area contributed by atoms with Gasteiger partial charge in [-0.1, -0.05) is 12.1 Å². The number of halogens is 1. The van der Waals surface area contributed by atoms with Crippen LogP contribution in [0.4, 0.5) is 10.3 Å². The maximum Gasteiger partial charge on any atom is 0.263 e. The number of oxazole rings is 1. The Bertz CT molecular complexity index is 682. The van der Waals surface area contributed by atoms with Gasteiger partial charge in [-0.3, -0.25) is 0 Å². The van der Waals surface area contributed by atoms with Gasteiger partial charge in [-0.15, -0.1) is 0 Å². The van der Waals surface area contributed by atoms with E-state index in [4.69, 9.17) is 10.2 Å². The summed E-state index contributed by atoms with van der Waals surface area (Å²) in [6.07, 6.45) is 1.02. The molecule has 2 aromatic heterocycles. The van der Waals surface area contributed by atoms with Gasteiger partial charge in [0.25, 0.3) is 5.22 Å². The molecule has 90 valence electrons. The molecule has 0 radical (unpaired) electrons. The number of para-hydroxylation sites is 2. The summed E-state index contributed by atoms with van der Waals surface area (Å²) in [4.78, 5) is 11.6. The van der Waals surface area contributed by atoms with Gasteiger partial charge in [-0.05, 0) is 23.9 Å². The lowest BCUT2D eigenvalue weighted by atomic mass is 10.3. The van der Waals surface area contributed by atoms with Crippen molar-refractivity contribution in [1.29, 1.82) is 0 Å². The summed E-state index contributed by atoms with van der Waals surface area (Å²) in [5.74, 6) is -0.550. The van der Waals surface area contributed by atoms with Crippen molar-refractivity contribution in [2.24, 2.45) is 0 Å². The Kier molecular flexibility index (Phi) is 2.60. The van der Waals surface area contributed by atoms with E-state index in [0.29, 0.717) is 16.3 Å². The van der Waals surface area contributed by atoms with Crippen LogP contribution in [0.15, 0.2) is 45.1 Å². The smallest absolute Gasteiger partial charge is 0.263 e. The summed E-state index contributed by atoms with van der Waals surface area (Å²) in [5.41, 5.74) is 6.75. The second kappa shape index (κ2) is 4.26. The third kappa shape index (κ3) is 2.00. The zero-order chi connectivity index (χ0) is 12.5. The van der Waals surface area contributed by atoms with Crippen molar-refractivity contribution in [1.82, 2.24) is 15.0 Å². The quantitative estimate of drug-likeness (QED) is 0.715. The molecule has 7 heteroatoms. The summed E-state index contributed by atoms with van der Waals surface area (Å²) in [5, 5.41) is 0.405. The minimum absolute atomic E-state index is 0.00927. The Morgan fingerprint density at radius 1 is 1.22 bits per heavy atom. The molecule has 0 fully saturated rings. The van der Waals surface area contributed by atoms with Crippen molar-refractivity contribution in [3.63, 3.8) is 0 Å². The summed E-state index contributed by atoms with van der Waals surface area (Å²) in [6, 6.07) is 7.29. The molecule has 0 aliphatic heterocycles. The lowest BCUT2D eigenvalue weighted by molar-refractivity contribution is 0.487. The van der Waals surface area contributed by atoms with Crippen LogP contribution in [-0.4, -0.2) is 15.0 Å². The molecule has 0 amide bonds. The Morgan fingerprint density at radius 3 is 2.89 bits per heavy atom. The molecular formula is C11H7FN4OS. The topological polar surface area (TPSA) is 77.8 Å². The SMILES string of the molecule is Nc1ncc(F)c(Sc2nc3ccccc3o2)n1. The normalized spacial score (nSPS) is 10.9. The van der Waals surface area contributed by atoms with Gasteiger partial charge < -0.3 is 10.2 Å². The minimum atomic E-state index is -0.559. The number of nitrogens with two attached hydrogens (primary N) is 1. The lowest BCUT2D eigenvalue weighted by Crippen LogP contribution is -1.97. The highest BCUT2D eigenvalue weighted by Crippen LogP contribution is 2.30. The molecule has 18 heavy (non-hydrogen) atoms. The Labute approximate surface area is 105 Å². The van der Waals surface area contributed by atoms with E-state index in [1.54, 1.807) is 6.07 Å². The molecule has 0 saturated carbocycles. The molecule has 5 nitrogen and oxygen atoms in total. The first kappa shape index (κ1) is 11.0. The van der Waals surface area contributed by atoms with E-state index in [2.05, 4.69) is 15.0 Å². The summed E-state index contributed by atoms with van der Waals surface area (Å²) in [7, 11) is 0. The molecule has 1 aromatic carbocycles. The summed E-state index contributed by atoms with van der Waals surface area (Å²) in [6.45, 7) is 0. The highest BCUT2D eigenvalue weighted by atomic mass is 32.2. The zero-order valence-electron chi connectivity index (χ0n) is 9.00. The Hall–Kier alpha value is -2.15. The summed E-state index contributed by atoms with van der Waals surface area (Å²) < 4.78 is 18.9. The van der Waals surface area contributed by atoms with Gasteiger partial charge in [-0.25, -0.2) is 19.3 Å². The first-order valence-corrected chi connectivity index (χ1v) is 5.85. The molecule has 3 rings (SSSR count). The minimum Gasteiger partial charge on any atom is -0.431 e. The predicted octanol–water partition coefficient (Wildman–Crippen LogP) is 2.49. The first-order valence-electron chi connectivity index (χ1n) is 5.04. The van der Waals surface area contributed by atoms with Crippen molar-refractivity contribution >= 4 is 28.8 Å². The number of aromatic nitrogens is 3. The molecule has 0 aliphatic carbocycles. The fraction of sp³-hybridized carbons (Fsp3) is 0. The molecule has 3 aromatic rings. The maximum absolute atomic E-state index is 13.4. The molecule has 0 saturated heterocycles. The van der Waals surface area contributed by atoms with Crippen LogP contribution >= 0.6 is 11.8 Å². The number of benzene rings is 1. The van der Waals surface area contributed by atoms with Gasteiger partial charge >= 0.3 is 0 Å². The number of fused-ring (bicyclic) bond motifs is 1. The standard InChI is InChI=1S/C11H7FN4OS/c12-6-5-14-10(13)16-9(6)18-11-15-7-3-1-2-4-8(7)17-11/h1-5H,(H2,13,14,16). The van der Waals surface area contributed by atoms with Gasteiger partial charge in [-0.2, -0.15) is 0 Å². The predicted molar refractivity (Wildman–Crippen MR) is 64.5 cm³/mol. The van der Waals surface area contributed by atoms with Crippen molar-refractivity contribution < 1.29 is 8.81 Å². The molecular weight excluding hydrogens is 255 g/mol. The highest BCUT2D eigenvalue weighted by Gasteiger charge is 2.12. The van der Waals surface area contributed by atoms with Crippen LogP contribution < -0.4 is 5.73 Å². The highest BCUT2D eigenvalue weighted by molar-refractivity contribution is 7.99. The van der Waals surface area contributed by atoms with E-state index in [9.17, 15) is 4.39 Å². The Morgan fingerprint density at radius 2 is 2.06 bits per heavy atom. The number of hydrogen-bond donors (Lipinski definition) is 1. The second-order valence-corrected chi connectivity index (χ2v) is 4.37. The van der Waals surface area contributed by atoms with Crippen LogP contribution in [0.25, 0.3) is 11.1 Å². The van der Waals surface area contributed by atoms with E-state index in [1.165, 1.54) is 0 Å². The molecule has 0 spiro atoms. The number of rotatable bonds is 2. The fourth-order valence-corrected chi connectivity index (χ4v) is 2.14. The molecule has 0 bridgehead atoms. The monoisotopic (exact) mass is 262 g/mol. The number of anilines is 1. The zero-order valence-corrected chi connectivity index (χ0v) is 9.82. The van der Waals surface area contributed by atoms with Gasteiger partial charge in [0.2, 0.25) is 5.95 Å². The third-order valence-corrected chi connectivity index (χ3v) is 3.02. The van der Waals surface area contributed by atoms with E-state index in [0.717, 1.165) is 18.0 Å². The Balaban J connectivity index is 1.98. The van der Waals surface area contributed by atoms with Gasteiger partial charge in [0.05, 0.1) is 6.20 Å². The van der Waals surface area contributed by atoms with Crippen molar-refractivity contribution in [2.45, 2.75) is 10.2 Å². The molecule has 2 N–H and O–H groups in total. The van der Waals surface area contributed by atoms with Gasteiger partial charge in [0.1, 0.15) is 10.5 Å². The van der Waals surface area contributed by atoms with Crippen LogP contribution in [-0.2, 0) is 0 Å². The number of nitrogen functional groups attached to an aromatic ring is 1. The average Bonchev–Trinajstić information content (AvgIpc) is 2.76. The van der Waals surface area contributed by atoms with Crippen molar-refractivity contribution in [3.05, 3.63) is 36.3 Å². The van der Waals surface area contributed by atoms with Crippen LogP contribution in [0, 0.1) is 5.82 Å². The average molecular weight is 262 g/mol. The maximum atomic E-state index is 13.4. The lowest BCUT2D eigenvalue weighted by Gasteiger charge is -1.98. The van der Waals surface area contributed by atoms with Crippen LogP contribution in [0.1, 0.15) is 0 Å². The number of nitrogens with zero attached hydrogens (tertiary/aromatic N) is 3. The number of hydrogen-bond acceptors (Lipinski definition) is 6. The van der Waals surface area contributed by atoms with E-state index >= 15 is 0 Å². The van der Waals surface area contributed by atoms with Gasteiger partial charge in [0, 0.05) is 0 Å². The van der Waals surface area contributed by atoms with E-state index in [-0.39, 0.29) is 11.0 Å². The van der Waals surface area contributed by atoms with Crippen LogP contribution in [0.2, 0.25) is 0 Å². The first-order chi connectivity index (χ1) is 8.72. The molecule has 0 unspecified atom stereocenters. The van der Waals surface area contributed by atoms with Crippen LogP contribution in [0.3, 0.4) is 0 Å². The van der Waals surface area contributed by atoms with Crippen LogP contribution in [0.5, 0.6) is 0 Å². The van der Waals surface area contributed by atoms with Crippen molar-refractivity contribution in [2.75, 3.05) is 5.73 Å². The fourth-order valence-electron chi connectivity index (χ4n) is 1.41. The second-order valence-electron chi connectivity index (χ2n) is 3.43. The third-order valence-electron chi connectivity index (χ3n) is 2.19. The van der Waals surface area contributed by atoms with Gasteiger partial charge in [0.15, 0.2) is 11.4 Å². The molecule has 2 heterocycles. The molecule has 0 aliphatic rings. The summed E-state index contributed by atoms with van der Waals surface area (Å²) >= 11 is 0.970. The van der Waals surface area contributed by atoms with Crippen molar-refractivity contribution in [3.8, 4) is 0 Å².